The fraction of sp³-hybridized carbons (Fsp3) is 0.370. The summed E-state index contributed by atoms with van der Waals surface area (Å²) in [5, 5.41) is 6.47. The molecular formula is C27H31N7O5S2. The first-order valence-electron chi connectivity index (χ1n) is 13.2. The lowest BCUT2D eigenvalue weighted by Gasteiger charge is -2.38. The number of nitrogens with one attached hydrogen (secondary N) is 1. The van der Waals surface area contributed by atoms with Gasteiger partial charge in [0.2, 0.25) is 27.6 Å². The molecule has 5 N–H and O–H groups in total. The summed E-state index contributed by atoms with van der Waals surface area (Å²) in [6.45, 7) is 0.0115. The molecule has 2 aliphatic rings. The number of benzene rings is 2. The molecule has 5 rings (SSSR count). The van der Waals surface area contributed by atoms with Gasteiger partial charge in [-0.05, 0) is 48.6 Å². The number of Topliss-reactive ketones (excluding diaryl/α,β-unsaturated/α-hetero) is 1. The number of rotatable bonds is 10. The van der Waals surface area contributed by atoms with Crippen molar-refractivity contribution in [2.24, 2.45) is 16.5 Å². The summed E-state index contributed by atoms with van der Waals surface area (Å²) in [4.78, 5) is 49.4. The number of amides is 2. The highest BCUT2D eigenvalue weighted by molar-refractivity contribution is 7.89. The number of carbonyl (C=O) groups is 3. The first-order valence-corrected chi connectivity index (χ1v) is 15.6. The third kappa shape index (κ3) is 6.09. The summed E-state index contributed by atoms with van der Waals surface area (Å²) >= 11 is 1.18. The number of thiazole rings is 1. The minimum atomic E-state index is -3.93. The Bertz CT molecular complexity index is 1590. The molecule has 12 nitrogen and oxygen atoms in total. The highest BCUT2D eigenvalue weighted by Crippen LogP contribution is 2.32. The lowest BCUT2D eigenvalue weighted by molar-refractivity contribution is -0.143. The predicted octanol–water partition coefficient (Wildman–Crippen LogP) is 1.08. The maximum Gasteiger partial charge on any atom is 0.243 e. The second kappa shape index (κ2) is 11.9. The minimum Gasteiger partial charge on any atom is -0.370 e. The van der Waals surface area contributed by atoms with E-state index in [2.05, 4.69) is 15.3 Å². The van der Waals surface area contributed by atoms with Crippen LogP contribution in [0.1, 0.15) is 35.5 Å². The molecule has 216 valence electrons. The van der Waals surface area contributed by atoms with Crippen LogP contribution in [0.5, 0.6) is 0 Å². The number of aliphatic imine (C=N–C) groups is 1. The van der Waals surface area contributed by atoms with Gasteiger partial charge in [-0.15, -0.1) is 11.3 Å². The van der Waals surface area contributed by atoms with E-state index in [9.17, 15) is 22.8 Å². The van der Waals surface area contributed by atoms with Gasteiger partial charge in [-0.2, -0.15) is 4.31 Å². The second-order valence-corrected chi connectivity index (χ2v) is 12.9. The van der Waals surface area contributed by atoms with Crippen LogP contribution in [0.25, 0.3) is 10.8 Å². The standard InChI is InChI=1S/C27H31N7O5S2/c28-27(29)31-11-3-6-21(24(36)26-30-12-13-40-26)32-25(37)22-10-8-19-15-33(16-23(35)34(19)22)41(38,39)20-9-7-17-4-1-2-5-18(17)14-20/h1-2,4-5,7,9,12-14,19,21-22H,3,6,8,10-11,15-16H2,(H,32,37)(H4,28,29,31)/t19-,21?,22?/m0/s1. The topological polar surface area (TPSA) is 181 Å². The van der Waals surface area contributed by atoms with Crippen LogP contribution in [-0.2, 0) is 19.6 Å². The van der Waals surface area contributed by atoms with Crippen LogP contribution in [0.3, 0.4) is 0 Å². The van der Waals surface area contributed by atoms with E-state index in [0.29, 0.717) is 19.3 Å². The Morgan fingerprint density at radius 3 is 2.66 bits per heavy atom. The number of fused-ring (bicyclic) bond motifs is 2. The fourth-order valence-electron chi connectivity index (χ4n) is 5.42. The number of sulfonamides is 1. The van der Waals surface area contributed by atoms with Crippen molar-refractivity contribution in [2.75, 3.05) is 19.6 Å². The van der Waals surface area contributed by atoms with Gasteiger partial charge in [0.05, 0.1) is 17.5 Å². The van der Waals surface area contributed by atoms with Gasteiger partial charge in [0.1, 0.15) is 6.04 Å². The van der Waals surface area contributed by atoms with E-state index >= 15 is 0 Å². The predicted molar refractivity (Wildman–Crippen MR) is 155 cm³/mol. The molecule has 0 aliphatic carbocycles. The molecule has 0 bridgehead atoms. The monoisotopic (exact) mass is 597 g/mol. The molecule has 2 aromatic carbocycles. The first kappa shape index (κ1) is 28.6. The van der Waals surface area contributed by atoms with E-state index in [1.165, 1.54) is 26.7 Å². The maximum absolute atomic E-state index is 13.5. The van der Waals surface area contributed by atoms with Crippen molar-refractivity contribution >= 4 is 55.7 Å². The molecule has 1 aromatic heterocycles. The number of hydrogen-bond donors (Lipinski definition) is 3. The Morgan fingerprint density at radius 2 is 1.93 bits per heavy atom. The minimum absolute atomic E-state index is 0.0610. The van der Waals surface area contributed by atoms with E-state index in [1.54, 1.807) is 23.6 Å². The summed E-state index contributed by atoms with van der Waals surface area (Å²) in [5.41, 5.74) is 10.8. The zero-order chi connectivity index (χ0) is 29.1. The molecule has 3 aromatic rings. The number of hydrogen-bond acceptors (Lipinski definition) is 8. The number of piperazine rings is 1. The van der Waals surface area contributed by atoms with Gasteiger partial charge in [-0.3, -0.25) is 19.4 Å². The molecule has 0 radical (unpaired) electrons. The lowest BCUT2D eigenvalue weighted by atomic mass is 10.1. The molecule has 3 atom stereocenters. The number of nitrogens with two attached hydrogens (primary N) is 2. The van der Waals surface area contributed by atoms with Crippen LogP contribution in [-0.4, -0.2) is 83.9 Å². The second-order valence-electron chi connectivity index (χ2n) is 10.1. The summed E-state index contributed by atoms with van der Waals surface area (Å²) in [5.74, 6) is -1.29. The molecule has 2 aliphatic heterocycles. The molecule has 2 amide bonds. The largest absolute Gasteiger partial charge is 0.370 e. The van der Waals surface area contributed by atoms with Crippen LogP contribution >= 0.6 is 11.3 Å². The molecule has 0 spiro atoms. The number of carbonyl (C=O) groups excluding carboxylic acids is 3. The summed E-state index contributed by atoms with van der Waals surface area (Å²) in [6.07, 6.45) is 3.06. The van der Waals surface area contributed by atoms with Gasteiger partial charge in [-0.1, -0.05) is 30.3 Å². The Morgan fingerprint density at radius 1 is 1.15 bits per heavy atom. The summed E-state index contributed by atoms with van der Waals surface area (Å²) in [7, 11) is -3.93. The van der Waals surface area contributed by atoms with E-state index in [0.717, 1.165) is 10.8 Å². The average molecular weight is 598 g/mol. The Hall–Kier alpha value is -3.88. The Kier molecular flexibility index (Phi) is 8.33. The van der Waals surface area contributed by atoms with Crippen molar-refractivity contribution in [3.63, 3.8) is 0 Å². The zero-order valence-corrected chi connectivity index (χ0v) is 23.8. The SMILES string of the molecule is NC(N)=NCCCC(NC(=O)C1CC[C@H]2CN(S(=O)(=O)c3ccc4ccccc4c3)CC(=O)N12)C(=O)c1nccs1. The Balaban J connectivity index is 1.28. The smallest absolute Gasteiger partial charge is 0.243 e. The normalized spacial score (nSPS) is 20.0. The third-order valence-corrected chi connectivity index (χ3v) is 9.99. The van der Waals surface area contributed by atoms with Crippen molar-refractivity contribution in [3.8, 4) is 0 Å². The summed E-state index contributed by atoms with van der Waals surface area (Å²) < 4.78 is 28.2. The molecule has 14 heteroatoms. The highest BCUT2D eigenvalue weighted by Gasteiger charge is 2.47. The van der Waals surface area contributed by atoms with E-state index in [1.807, 2.05) is 24.3 Å². The van der Waals surface area contributed by atoms with Crippen LogP contribution in [0.2, 0.25) is 0 Å². The number of nitrogens with zero attached hydrogens (tertiary/aromatic N) is 4. The average Bonchev–Trinajstić information content (AvgIpc) is 3.65. The quantitative estimate of drug-likeness (QED) is 0.134. The van der Waals surface area contributed by atoms with E-state index in [4.69, 9.17) is 11.5 Å². The van der Waals surface area contributed by atoms with Crippen LogP contribution in [0, 0.1) is 0 Å². The van der Waals surface area contributed by atoms with E-state index in [-0.39, 0.29) is 47.7 Å². The molecule has 2 saturated heterocycles. The highest BCUT2D eigenvalue weighted by atomic mass is 32.2. The third-order valence-electron chi connectivity index (χ3n) is 7.40. The van der Waals surface area contributed by atoms with E-state index < -0.39 is 40.0 Å². The van der Waals surface area contributed by atoms with Gasteiger partial charge < -0.3 is 21.7 Å². The van der Waals surface area contributed by atoms with Gasteiger partial charge in [0.15, 0.2) is 11.0 Å². The molecule has 2 fully saturated rings. The number of guanidine groups is 1. The Labute approximate surface area is 241 Å². The van der Waals surface area contributed by atoms with Crippen molar-refractivity contribution in [2.45, 2.75) is 48.7 Å². The van der Waals surface area contributed by atoms with Crippen molar-refractivity contribution in [3.05, 3.63) is 59.0 Å². The van der Waals surface area contributed by atoms with Crippen LogP contribution in [0.4, 0.5) is 0 Å². The van der Waals surface area contributed by atoms with Gasteiger partial charge >= 0.3 is 0 Å². The van der Waals surface area contributed by atoms with Gasteiger partial charge in [-0.25, -0.2) is 13.4 Å². The van der Waals surface area contributed by atoms with Crippen molar-refractivity contribution in [1.82, 2.24) is 19.5 Å². The van der Waals surface area contributed by atoms with Gasteiger partial charge in [0.25, 0.3) is 0 Å². The zero-order valence-electron chi connectivity index (χ0n) is 22.2. The maximum atomic E-state index is 13.5. The number of ketones is 1. The first-order chi connectivity index (χ1) is 19.6. The van der Waals surface area contributed by atoms with Crippen LogP contribution in [0.15, 0.2) is 63.9 Å². The molecule has 2 unspecified atom stereocenters. The molecule has 41 heavy (non-hydrogen) atoms. The number of aromatic nitrogens is 1. The lowest BCUT2D eigenvalue weighted by Crippen LogP contribution is -2.60. The molecule has 3 heterocycles. The van der Waals surface area contributed by atoms with Crippen molar-refractivity contribution in [1.29, 1.82) is 0 Å². The molecular weight excluding hydrogens is 566 g/mol. The van der Waals surface area contributed by atoms with Crippen molar-refractivity contribution < 1.29 is 22.8 Å². The van der Waals surface area contributed by atoms with Crippen LogP contribution < -0.4 is 16.8 Å². The fourth-order valence-corrected chi connectivity index (χ4v) is 7.52. The summed E-state index contributed by atoms with van der Waals surface area (Å²) in [6, 6.07) is 10.2. The molecule has 0 saturated carbocycles. The van der Waals surface area contributed by atoms with Gasteiger partial charge in [0, 0.05) is 30.7 Å².